The molecule has 0 radical (unpaired) electrons. The van der Waals surface area contributed by atoms with Crippen molar-refractivity contribution >= 4 is 17.0 Å². The molecule has 0 aliphatic rings. The van der Waals surface area contributed by atoms with Crippen LogP contribution in [0.15, 0.2) is 35.7 Å². The number of benzene rings is 1. The molecule has 0 aliphatic heterocycles. The van der Waals surface area contributed by atoms with Gasteiger partial charge in [0, 0.05) is 10.6 Å². The molecule has 1 unspecified atom stereocenters. The van der Waals surface area contributed by atoms with E-state index in [-0.39, 0.29) is 0 Å². The lowest BCUT2D eigenvalue weighted by Gasteiger charge is -2.24. The average molecular weight is 259 g/mol. The molecule has 0 saturated carbocycles. The van der Waals surface area contributed by atoms with Crippen LogP contribution in [0.2, 0.25) is 0 Å². The zero-order valence-corrected chi connectivity index (χ0v) is 12.3. The van der Waals surface area contributed by atoms with Crippen LogP contribution in [0.1, 0.15) is 35.9 Å². The summed E-state index contributed by atoms with van der Waals surface area (Å²) in [4.78, 5) is 1.41. The summed E-state index contributed by atoms with van der Waals surface area (Å²) < 4.78 is 0. The van der Waals surface area contributed by atoms with E-state index in [1.807, 2.05) is 11.3 Å². The van der Waals surface area contributed by atoms with Gasteiger partial charge in [0.05, 0.1) is 6.04 Å². The number of hydrogen-bond acceptors (Lipinski definition) is 2. The lowest BCUT2D eigenvalue weighted by Crippen LogP contribution is -2.16. The molecule has 1 aromatic carbocycles. The molecule has 1 aromatic heterocycles. The fourth-order valence-corrected chi connectivity index (χ4v) is 3.06. The van der Waals surface area contributed by atoms with Gasteiger partial charge in [-0.2, -0.15) is 0 Å². The van der Waals surface area contributed by atoms with Crippen LogP contribution in [0, 0.1) is 19.8 Å². The monoisotopic (exact) mass is 259 g/mol. The predicted octanol–water partition coefficient (Wildman–Crippen LogP) is 5.17. The Kier molecular flexibility index (Phi) is 4.07. The number of anilines is 1. The molecule has 0 fully saturated rings. The largest absolute Gasteiger partial charge is 0.377 e. The van der Waals surface area contributed by atoms with Gasteiger partial charge in [0.1, 0.15) is 0 Å². The Morgan fingerprint density at radius 2 is 1.83 bits per heavy atom. The summed E-state index contributed by atoms with van der Waals surface area (Å²) in [6.07, 6.45) is 0. The van der Waals surface area contributed by atoms with Gasteiger partial charge in [0.25, 0.3) is 0 Å². The van der Waals surface area contributed by atoms with Crippen LogP contribution >= 0.6 is 11.3 Å². The molecule has 96 valence electrons. The Balaban J connectivity index is 2.27. The average Bonchev–Trinajstić information content (AvgIpc) is 2.84. The second-order valence-corrected chi connectivity index (χ2v) is 6.11. The van der Waals surface area contributed by atoms with Gasteiger partial charge in [-0.3, -0.25) is 0 Å². The maximum Gasteiger partial charge on any atom is 0.0629 e. The molecule has 2 rings (SSSR count). The normalized spacial score (nSPS) is 12.7. The standard InChI is InChI=1S/C16H21NS/c1-11(2)16(15-9-6-10-18-15)17-14-8-5-7-12(3)13(14)4/h5-11,16-17H,1-4H3. The Labute approximate surface area is 114 Å². The van der Waals surface area contributed by atoms with Gasteiger partial charge < -0.3 is 5.32 Å². The van der Waals surface area contributed by atoms with E-state index in [9.17, 15) is 0 Å². The fourth-order valence-electron chi connectivity index (χ4n) is 2.11. The third-order valence-electron chi connectivity index (χ3n) is 3.43. The molecular weight excluding hydrogens is 238 g/mol. The quantitative estimate of drug-likeness (QED) is 0.798. The zero-order chi connectivity index (χ0) is 13.1. The maximum atomic E-state index is 3.70. The van der Waals surface area contributed by atoms with Crippen molar-refractivity contribution in [2.45, 2.75) is 33.7 Å². The number of nitrogens with one attached hydrogen (secondary N) is 1. The molecule has 1 N–H and O–H groups in total. The summed E-state index contributed by atoms with van der Waals surface area (Å²) in [6.45, 7) is 8.88. The zero-order valence-electron chi connectivity index (χ0n) is 11.5. The van der Waals surface area contributed by atoms with Crippen molar-refractivity contribution in [3.63, 3.8) is 0 Å². The van der Waals surface area contributed by atoms with Crippen LogP contribution in [0.5, 0.6) is 0 Å². The third-order valence-corrected chi connectivity index (χ3v) is 4.39. The second-order valence-electron chi connectivity index (χ2n) is 5.13. The van der Waals surface area contributed by atoms with Crippen LogP contribution in [0.4, 0.5) is 5.69 Å². The van der Waals surface area contributed by atoms with Gasteiger partial charge in [-0.15, -0.1) is 11.3 Å². The molecule has 0 aliphatic carbocycles. The Morgan fingerprint density at radius 3 is 2.44 bits per heavy atom. The highest BCUT2D eigenvalue weighted by Crippen LogP contribution is 2.31. The van der Waals surface area contributed by atoms with E-state index >= 15 is 0 Å². The first-order chi connectivity index (χ1) is 8.59. The maximum absolute atomic E-state index is 3.70. The molecule has 0 spiro atoms. The minimum atomic E-state index is 0.394. The Morgan fingerprint density at radius 1 is 1.06 bits per heavy atom. The van der Waals surface area contributed by atoms with E-state index in [2.05, 4.69) is 68.7 Å². The molecule has 1 nitrogen and oxygen atoms in total. The third kappa shape index (κ3) is 2.75. The van der Waals surface area contributed by atoms with Gasteiger partial charge in [0.2, 0.25) is 0 Å². The van der Waals surface area contributed by atoms with Crippen molar-refractivity contribution in [3.05, 3.63) is 51.7 Å². The first kappa shape index (κ1) is 13.2. The van der Waals surface area contributed by atoms with Crippen LogP contribution in [-0.2, 0) is 0 Å². The minimum absolute atomic E-state index is 0.394. The summed E-state index contributed by atoms with van der Waals surface area (Å²) in [7, 11) is 0. The van der Waals surface area contributed by atoms with Gasteiger partial charge >= 0.3 is 0 Å². The van der Waals surface area contributed by atoms with E-state index < -0.39 is 0 Å². The molecule has 0 bridgehead atoms. The molecule has 1 atom stereocenters. The number of thiophene rings is 1. The molecule has 18 heavy (non-hydrogen) atoms. The minimum Gasteiger partial charge on any atom is -0.377 e. The smallest absolute Gasteiger partial charge is 0.0629 e. The lowest BCUT2D eigenvalue weighted by atomic mass is 10.0. The van der Waals surface area contributed by atoms with Crippen molar-refractivity contribution < 1.29 is 0 Å². The lowest BCUT2D eigenvalue weighted by molar-refractivity contribution is 0.553. The molecule has 0 saturated heterocycles. The van der Waals surface area contributed by atoms with E-state index in [0.717, 1.165) is 0 Å². The van der Waals surface area contributed by atoms with E-state index in [0.29, 0.717) is 12.0 Å². The van der Waals surface area contributed by atoms with Gasteiger partial charge in [-0.05, 0) is 48.4 Å². The molecule has 0 amide bonds. The summed E-state index contributed by atoms with van der Waals surface area (Å²) in [5.41, 5.74) is 3.94. The summed E-state index contributed by atoms with van der Waals surface area (Å²) in [6, 6.07) is 11.2. The highest BCUT2D eigenvalue weighted by atomic mass is 32.1. The molecule has 1 heterocycles. The highest BCUT2D eigenvalue weighted by Gasteiger charge is 2.17. The SMILES string of the molecule is Cc1cccc(NC(c2cccs2)C(C)C)c1C. The number of hydrogen-bond donors (Lipinski definition) is 1. The van der Waals surface area contributed by atoms with Crippen LogP contribution in [-0.4, -0.2) is 0 Å². The first-order valence-corrected chi connectivity index (χ1v) is 7.33. The van der Waals surface area contributed by atoms with Crippen LogP contribution in [0.25, 0.3) is 0 Å². The fraction of sp³-hybridized carbons (Fsp3) is 0.375. The predicted molar refractivity (Wildman–Crippen MR) is 81.4 cm³/mol. The Bertz CT molecular complexity index is 500. The van der Waals surface area contributed by atoms with Crippen LogP contribution in [0.3, 0.4) is 0 Å². The van der Waals surface area contributed by atoms with Crippen molar-refractivity contribution in [1.29, 1.82) is 0 Å². The summed E-state index contributed by atoms with van der Waals surface area (Å²) >= 11 is 1.83. The topological polar surface area (TPSA) is 12.0 Å². The van der Waals surface area contributed by atoms with Crippen molar-refractivity contribution in [2.75, 3.05) is 5.32 Å². The second kappa shape index (κ2) is 5.57. The van der Waals surface area contributed by atoms with Gasteiger partial charge in [-0.1, -0.05) is 32.0 Å². The first-order valence-electron chi connectivity index (χ1n) is 6.45. The number of aryl methyl sites for hydroxylation is 1. The van der Waals surface area contributed by atoms with Crippen LogP contribution < -0.4 is 5.32 Å². The Hall–Kier alpha value is -1.28. The molecule has 2 aromatic rings. The van der Waals surface area contributed by atoms with E-state index in [1.165, 1.54) is 21.7 Å². The summed E-state index contributed by atoms with van der Waals surface area (Å²) in [5, 5.41) is 5.85. The van der Waals surface area contributed by atoms with Crippen molar-refractivity contribution in [2.24, 2.45) is 5.92 Å². The number of rotatable bonds is 4. The highest BCUT2D eigenvalue weighted by molar-refractivity contribution is 7.10. The molecule has 2 heteroatoms. The molecular formula is C16H21NS. The van der Waals surface area contributed by atoms with Crippen molar-refractivity contribution in [1.82, 2.24) is 0 Å². The van der Waals surface area contributed by atoms with Gasteiger partial charge in [0.15, 0.2) is 0 Å². The van der Waals surface area contributed by atoms with Gasteiger partial charge in [-0.25, -0.2) is 0 Å². The summed E-state index contributed by atoms with van der Waals surface area (Å²) in [5.74, 6) is 0.573. The van der Waals surface area contributed by atoms with E-state index in [4.69, 9.17) is 0 Å². The van der Waals surface area contributed by atoms with E-state index in [1.54, 1.807) is 0 Å². The van der Waals surface area contributed by atoms with Crippen molar-refractivity contribution in [3.8, 4) is 0 Å².